The fourth-order valence-electron chi connectivity index (χ4n) is 2.77. The van der Waals surface area contributed by atoms with Gasteiger partial charge in [-0.2, -0.15) is 0 Å². The summed E-state index contributed by atoms with van der Waals surface area (Å²) in [5.74, 6) is 1.49. The monoisotopic (exact) mass is 213 g/mol. The van der Waals surface area contributed by atoms with Gasteiger partial charge in [-0.3, -0.25) is 0 Å². The minimum Gasteiger partial charge on any atom is -0.396 e. The van der Waals surface area contributed by atoms with Crippen LogP contribution in [0.15, 0.2) is 0 Å². The van der Waals surface area contributed by atoms with Crippen LogP contribution in [0.2, 0.25) is 0 Å². The van der Waals surface area contributed by atoms with Crippen LogP contribution in [0.5, 0.6) is 0 Å². The van der Waals surface area contributed by atoms with Gasteiger partial charge in [-0.15, -0.1) is 0 Å². The van der Waals surface area contributed by atoms with Gasteiger partial charge in [0.25, 0.3) is 0 Å². The molecule has 2 heteroatoms. The van der Waals surface area contributed by atoms with Crippen LogP contribution in [-0.4, -0.2) is 23.8 Å². The summed E-state index contributed by atoms with van der Waals surface area (Å²) in [7, 11) is 0. The Morgan fingerprint density at radius 3 is 2.60 bits per heavy atom. The summed E-state index contributed by atoms with van der Waals surface area (Å²) in [4.78, 5) is 0. The van der Waals surface area contributed by atoms with E-state index in [0.29, 0.717) is 24.6 Å². The van der Waals surface area contributed by atoms with Crippen LogP contribution in [0.3, 0.4) is 0 Å². The molecular weight excluding hydrogens is 186 g/mol. The molecule has 0 aliphatic heterocycles. The predicted molar refractivity (Wildman–Crippen MR) is 64.9 cm³/mol. The van der Waals surface area contributed by atoms with Gasteiger partial charge in [0.15, 0.2) is 0 Å². The van der Waals surface area contributed by atoms with E-state index in [0.717, 1.165) is 12.3 Å². The van der Waals surface area contributed by atoms with E-state index in [1.54, 1.807) is 0 Å². The highest BCUT2D eigenvalue weighted by molar-refractivity contribution is 4.86. The van der Waals surface area contributed by atoms with Crippen molar-refractivity contribution >= 4 is 0 Å². The van der Waals surface area contributed by atoms with Crippen LogP contribution in [0.4, 0.5) is 0 Å². The summed E-state index contributed by atoms with van der Waals surface area (Å²) in [5.41, 5.74) is 0. The topological polar surface area (TPSA) is 32.3 Å². The molecule has 0 amide bonds. The van der Waals surface area contributed by atoms with Crippen molar-refractivity contribution in [2.24, 2.45) is 11.8 Å². The molecular formula is C13H27NO. The van der Waals surface area contributed by atoms with Gasteiger partial charge < -0.3 is 10.4 Å². The van der Waals surface area contributed by atoms with E-state index in [-0.39, 0.29) is 0 Å². The van der Waals surface area contributed by atoms with E-state index < -0.39 is 0 Å². The number of aliphatic hydroxyl groups is 1. The number of aliphatic hydroxyl groups excluding tert-OH is 1. The molecule has 1 aliphatic rings. The highest BCUT2D eigenvalue weighted by Crippen LogP contribution is 2.29. The van der Waals surface area contributed by atoms with E-state index in [1.165, 1.54) is 25.7 Å². The van der Waals surface area contributed by atoms with Gasteiger partial charge >= 0.3 is 0 Å². The lowest BCUT2D eigenvalue weighted by Gasteiger charge is -2.29. The van der Waals surface area contributed by atoms with Crippen molar-refractivity contribution in [1.82, 2.24) is 5.32 Å². The lowest BCUT2D eigenvalue weighted by molar-refractivity contribution is 0.224. The Balaban J connectivity index is 2.42. The zero-order valence-corrected chi connectivity index (χ0v) is 10.5. The van der Waals surface area contributed by atoms with Crippen molar-refractivity contribution in [3.63, 3.8) is 0 Å². The molecule has 0 radical (unpaired) electrons. The Labute approximate surface area is 94.5 Å². The first-order chi connectivity index (χ1) is 7.19. The van der Waals surface area contributed by atoms with E-state index in [1.807, 2.05) is 0 Å². The minimum absolute atomic E-state index is 0.305. The fraction of sp³-hybridized carbons (Fsp3) is 1.00. The first-order valence-electron chi connectivity index (χ1n) is 6.56. The molecule has 0 heterocycles. The van der Waals surface area contributed by atoms with Crippen molar-refractivity contribution in [2.75, 3.05) is 6.61 Å². The molecule has 90 valence electrons. The maximum atomic E-state index is 9.04. The summed E-state index contributed by atoms with van der Waals surface area (Å²) in [5, 5.41) is 12.8. The molecule has 1 aliphatic carbocycles. The van der Waals surface area contributed by atoms with Crippen molar-refractivity contribution in [3.8, 4) is 0 Å². The maximum absolute atomic E-state index is 9.04. The molecule has 0 aromatic carbocycles. The summed E-state index contributed by atoms with van der Waals surface area (Å²) >= 11 is 0. The highest BCUT2D eigenvalue weighted by Gasteiger charge is 2.28. The minimum atomic E-state index is 0.305. The lowest BCUT2D eigenvalue weighted by Crippen LogP contribution is -2.43. The molecule has 0 bridgehead atoms. The number of hydrogen-bond acceptors (Lipinski definition) is 2. The van der Waals surface area contributed by atoms with Gasteiger partial charge in [0.2, 0.25) is 0 Å². The van der Waals surface area contributed by atoms with E-state index in [4.69, 9.17) is 5.11 Å². The Kier molecular flexibility index (Phi) is 5.62. The largest absolute Gasteiger partial charge is 0.396 e. The smallest absolute Gasteiger partial charge is 0.0445 e. The molecule has 0 saturated heterocycles. The Bertz CT molecular complexity index is 170. The third-order valence-electron chi connectivity index (χ3n) is 3.86. The summed E-state index contributed by atoms with van der Waals surface area (Å²) in [6.45, 7) is 7.08. The van der Waals surface area contributed by atoms with Crippen molar-refractivity contribution in [3.05, 3.63) is 0 Å². The fourth-order valence-corrected chi connectivity index (χ4v) is 2.77. The number of hydrogen-bond donors (Lipinski definition) is 2. The first kappa shape index (κ1) is 13.0. The standard InChI is InChI=1S/C13H27NO/c1-4-11-6-5-7-13(11)14-12(8-9-15)10(2)3/h10-15H,4-9H2,1-3H3. The van der Waals surface area contributed by atoms with Crippen LogP contribution in [0.1, 0.15) is 52.9 Å². The quantitative estimate of drug-likeness (QED) is 0.711. The summed E-state index contributed by atoms with van der Waals surface area (Å²) in [6.07, 6.45) is 6.28. The molecule has 3 atom stereocenters. The average molecular weight is 213 g/mol. The van der Waals surface area contributed by atoms with Crippen LogP contribution < -0.4 is 5.32 Å². The number of rotatable bonds is 6. The molecule has 1 rings (SSSR count). The van der Waals surface area contributed by atoms with E-state index in [9.17, 15) is 0 Å². The SMILES string of the molecule is CCC1CCCC1NC(CCO)C(C)C. The van der Waals surface area contributed by atoms with Gasteiger partial charge in [-0.25, -0.2) is 0 Å². The first-order valence-corrected chi connectivity index (χ1v) is 6.56. The van der Waals surface area contributed by atoms with Crippen molar-refractivity contribution in [1.29, 1.82) is 0 Å². The van der Waals surface area contributed by atoms with Crippen LogP contribution in [0, 0.1) is 11.8 Å². The zero-order valence-electron chi connectivity index (χ0n) is 10.5. The van der Waals surface area contributed by atoms with Gasteiger partial charge in [0.1, 0.15) is 0 Å². The number of nitrogens with one attached hydrogen (secondary N) is 1. The zero-order chi connectivity index (χ0) is 11.3. The average Bonchev–Trinajstić information content (AvgIpc) is 2.64. The second kappa shape index (κ2) is 6.49. The Morgan fingerprint density at radius 1 is 1.33 bits per heavy atom. The molecule has 2 nitrogen and oxygen atoms in total. The summed E-state index contributed by atoms with van der Waals surface area (Å²) in [6, 6.07) is 1.20. The highest BCUT2D eigenvalue weighted by atomic mass is 16.3. The Morgan fingerprint density at radius 2 is 2.07 bits per heavy atom. The molecule has 2 N–H and O–H groups in total. The lowest BCUT2D eigenvalue weighted by atomic mass is 9.95. The van der Waals surface area contributed by atoms with Crippen LogP contribution >= 0.6 is 0 Å². The molecule has 0 aromatic heterocycles. The van der Waals surface area contributed by atoms with Crippen molar-refractivity contribution < 1.29 is 5.11 Å². The van der Waals surface area contributed by atoms with Gasteiger partial charge in [-0.1, -0.05) is 33.6 Å². The van der Waals surface area contributed by atoms with E-state index >= 15 is 0 Å². The van der Waals surface area contributed by atoms with Crippen molar-refractivity contribution in [2.45, 2.75) is 65.0 Å². The van der Waals surface area contributed by atoms with Crippen LogP contribution in [0.25, 0.3) is 0 Å². The molecule has 3 unspecified atom stereocenters. The predicted octanol–water partition coefficient (Wildman–Crippen LogP) is 2.56. The third-order valence-corrected chi connectivity index (χ3v) is 3.86. The Hall–Kier alpha value is -0.0800. The molecule has 1 saturated carbocycles. The van der Waals surface area contributed by atoms with Gasteiger partial charge in [0, 0.05) is 18.7 Å². The van der Waals surface area contributed by atoms with Crippen LogP contribution in [-0.2, 0) is 0 Å². The molecule has 0 spiro atoms. The normalized spacial score (nSPS) is 28.6. The second-order valence-corrected chi connectivity index (χ2v) is 5.24. The molecule has 1 fully saturated rings. The molecule has 0 aromatic rings. The maximum Gasteiger partial charge on any atom is 0.0445 e. The summed E-state index contributed by atoms with van der Waals surface area (Å²) < 4.78 is 0. The van der Waals surface area contributed by atoms with Gasteiger partial charge in [0.05, 0.1) is 0 Å². The third kappa shape index (κ3) is 3.76. The second-order valence-electron chi connectivity index (χ2n) is 5.24. The van der Waals surface area contributed by atoms with Gasteiger partial charge in [-0.05, 0) is 31.1 Å². The van der Waals surface area contributed by atoms with E-state index in [2.05, 4.69) is 26.1 Å². The molecule has 15 heavy (non-hydrogen) atoms.